The van der Waals surface area contributed by atoms with E-state index < -0.39 is 32.0 Å². The maximum Gasteiger partial charge on any atom is 0.243 e. The van der Waals surface area contributed by atoms with E-state index in [1.165, 1.54) is 10.4 Å². The Hall–Kier alpha value is -1.27. The molecular formula is C15H24FN3O5S2. The van der Waals surface area contributed by atoms with Crippen molar-refractivity contribution in [3.63, 3.8) is 0 Å². The molecule has 0 aromatic heterocycles. The lowest BCUT2D eigenvalue weighted by Crippen LogP contribution is -2.50. The first kappa shape index (κ1) is 21.0. The maximum absolute atomic E-state index is 14.1. The average Bonchev–Trinajstić information content (AvgIpc) is 2.55. The monoisotopic (exact) mass is 409 g/mol. The molecule has 1 saturated heterocycles. The Morgan fingerprint density at radius 2 is 1.81 bits per heavy atom. The van der Waals surface area contributed by atoms with Crippen LogP contribution < -0.4 is 4.72 Å². The van der Waals surface area contributed by atoms with Gasteiger partial charge in [-0.3, -0.25) is 9.62 Å². The quantitative estimate of drug-likeness (QED) is 0.670. The van der Waals surface area contributed by atoms with Gasteiger partial charge >= 0.3 is 0 Å². The Morgan fingerprint density at radius 1 is 1.19 bits per heavy atom. The fraction of sp³-hybridized carbons (Fsp3) is 0.600. The first-order chi connectivity index (χ1) is 12.0. The lowest BCUT2D eigenvalue weighted by Gasteiger charge is -2.34. The van der Waals surface area contributed by atoms with Gasteiger partial charge in [-0.1, -0.05) is 6.92 Å². The van der Waals surface area contributed by atoms with Crippen LogP contribution >= 0.6 is 0 Å². The summed E-state index contributed by atoms with van der Waals surface area (Å²) in [7, 11) is -7.54. The van der Waals surface area contributed by atoms with Crippen LogP contribution in [0.25, 0.3) is 0 Å². The van der Waals surface area contributed by atoms with Crippen molar-refractivity contribution in [3.8, 4) is 0 Å². The molecular weight excluding hydrogens is 385 g/mol. The summed E-state index contributed by atoms with van der Waals surface area (Å²) in [6, 6.07) is 3.09. The summed E-state index contributed by atoms with van der Waals surface area (Å²) in [5.41, 5.74) is -0.301. The molecule has 0 aliphatic carbocycles. The van der Waals surface area contributed by atoms with E-state index in [4.69, 9.17) is 0 Å². The van der Waals surface area contributed by atoms with Gasteiger partial charge in [-0.05, 0) is 24.6 Å². The number of hydrogen-bond donors (Lipinski definition) is 2. The molecule has 0 saturated carbocycles. The van der Waals surface area contributed by atoms with Gasteiger partial charge in [-0.15, -0.1) is 0 Å². The smallest absolute Gasteiger partial charge is 0.243 e. The SMILES string of the molecule is CC[C@H](O)CN1CCN(S(=O)(=O)c2ccc(NS(C)(=O)=O)c(F)c2)CC1. The van der Waals surface area contributed by atoms with Gasteiger partial charge < -0.3 is 5.11 Å². The summed E-state index contributed by atoms with van der Waals surface area (Å²) in [5.74, 6) is -0.957. The number of halogens is 1. The molecule has 8 nitrogen and oxygen atoms in total. The second-order valence-corrected chi connectivity index (χ2v) is 9.97. The second-order valence-electron chi connectivity index (χ2n) is 6.28. The van der Waals surface area contributed by atoms with Gasteiger partial charge in [0.25, 0.3) is 0 Å². The maximum atomic E-state index is 14.1. The van der Waals surface area contributed by atoms with E-state index in [1.807, 2.05) is 16.5 Å². The van der Waals surface area contributed by atoms with Gasteiger partial charge in [0.15, 0.2) is 0 Å². The molecule has 0 amide bonds. The molecule has 0 radical (unpaired) electrons. The van der Waals surface area contributed by atoms with E-state index in [-0.39, 0.29) is 23.7 Å². The van der Waals surface area contributed by atoms with Crippen molar-refractivity contribution < 1.29 is 26.3 Å². The van der Waals surface area contributed by atoms with Crippen molar-refractivity contribution in [2.45, 2.75) is 24.3 Å². The van der Waals surface area contributed by atoms with E-state index in [0.29, 0.717) is 26.1 Å². The molecule has 1 aliphatic heterocycles. The number of anilines is 1. The fourth-order valence-corrected chi connectivity index (χ4v) is 4.67. The third-order valence-corrected chi connectivity index (χ3v) is 6.63. The first-order valence-electron chi connectivity index (χ1n) is 8.21. The number of β-amino-alcohol motifs (C(OH)–C–C–N with tert-alkyl or cyclic N) is 1. The molecule has 1 atom stereocenters. The predicted octanol–water partition coefficient (Wildman–Crippen LogP) is 0.274. The second kappa shape index (κ2) is 8.17. The molecule has 0 bridgehead atoms. The van der Waals surface area contributed by atoms with E-state index in [1.54, 1.807) is 0 Å². The van der Waals surface area contributed by atoms with Gasteiger partial charge in [-0.25, -0.2) is 21.2 Å². The van der Waals surface area contributed by atoms with Crippen molar-refractivity contribution in [1.82, 2.24) is 9.21 Å². The van der Waals surface area contributed by atoms with Crippen LogP contribution in [0.2, 0.25) is 0 Å². The third-order valence-electron chi connectivity index (χ3n) is 4.15. The van der Waals surface area contributed by atoms with Crippen LogP contribution in [0.15, 0.2) is 23.1 Å². The van der Waals surface area contributed by atoms with Crippen LogP contribution in [0.5, 0.6) is 0 Å². The molecule has 1 aromatic carbocycles. The van der Waals surface area contributed by atoms with E-state index in [2.05, 4.69) is 0 Å². The number of aliphatic hydroxyl groups is 1. The number of benzene rings is 1. The summed E-state index contributed by atoms with van der Waals surface area (Å²) in [6.07, 6.45) is 1.07. The van der Waals surface area contributed by atoms with Crippen LogP contribution in [0.1, 0.15) is 13.3 Å². The highest BCUT2D eigenvalue weighted by Crippen LogP contribution is 2.23. The normalized spacial score (nSPS) is 18.6. The topological polar surface area (TPSA) is 107 Å². The van der Waals surface area contributed by atoms with Gasteiger partial charge in [-0.2, -0.15) is 4.31 Å². The summed E-state index contributed by atoms with van der Waals surface area (Å²) >= 11 is 0. The summed E-state index contributed by atoms with van der Waals surface area (Å²) in [6.45, 7) is 3.81. The van der Waals surface area contributed by atoms with Gasteiger partial charge in [0.1, 0.15) is 5.82 Å². The number of nitrogens with one attached hydrogen (secondary N) is 1. The van der Waals surface area contributed by atoms with Gasteiger partial charge in [0.2, 0.25) is 20.0 Å². The minimum atomic E-state index is -3.88. The number of hydrogen-bond acceptors (Lipinski definition) is 6. The number of nitrogens with zero attached hydrogens (tertiary/aromatic N) is 2. The van der Waals surface area contributed by atoms with Crippen LogP contribution in [0.3, 0.4) is 0 Å². The van der Waals surface area contributed by atoms with Crippen molar-refractivity contribution >= 4 is 25.7 Å². The Labute approximate surface area is 153 Å². The molecule has 26 heavy (non-hydrogen) atoms. The molecule has 0 unspecified atom stereocenters. The van der Waals surface area contributed by atoms with Crippen LogP contribution in [0.4, 0.5) is 10.1 Å². The van der Waals surface area contributed by atoms with Crippen molar-refractivity contribution in [2.24, 2.45) is 0 Å². The van der Waals surface area contributed by atoms with Crippen molar-refractivity contribution in [1.29, 1.82) is 0 Å². The summed E-state index contributed by atoms with van der Waals surface area (Å²) in [5, 5.41) is 9.69. The molecule has 11 heteroatoms. The minimum Gasteiger partial charge on any atom is -0.392 e. The van der Waals surface area contributed by atoms with E-state index in [0.717, 1.165) is 18.4 Å². The Bertz CT molecular complexity index is 837. The Balaban J connectivity index is 2.10. The first-order valence-corrected chi connectivity index (χ1v) is 11.5. The zero-order chi connectivity index (χ0) is 19.5. The highest BCUT2D eigenvalue weighted by molar-refractivity contribution is 7.92. The Kier molecular flexibility index (Phi) is 6.61. The van der Waals surface area contributed by atoms with E-state index in [9.17, 15) is 26.3 Å². The lowest BCUT2D eigenvalue weighted by atomic mass is 10.2. The summed E-state index contributed by atoms with van der Waals surface area (Å²) in [4.78, 5) is 1.76. The highest BCUT2D eigenvalue weighted by Gasteiger charge is 2.29. The lowest BCUT2D eigenvalue weighted by molar-refractivity contribution is 0.0896. The molecule has 0 spiro atoms. The number of sulfonamides is 2. The van der Waals surface area contributed by atoms with Gasteiger partial charge in [0, 0.05) is 32.7 Å². The summed E-state index contributed by atoms with van der Waals surface area (Å²) < 4.78 is 65.1. The molecule has 2 rings (SSSR count). The average molecular weight is 410 g/mol. The largest absolute Gasteiger partial charge is 0.392 e. The van der Waals surface area contributed by atoms with Crippen molar-refractivity contribution in [2.75, 3.05) is 43.7 Å². The molecule has 1 heterocycles. The highest BCUT2D eigenvalue weighted by atomic mass is 32.2. The van der Waals surface area contributed by atoms with Crippen LogP contribution in [-0.2, 0) is 20.0 Å². The Morgan fingerprint density at radius 3 is 2.31 bits per heavy atom. The van der Waals surface area contributed by atoms with E-state index >= 15 is 0 Å². The molecule has 1 fully saturated rings. The van der Waals surface area contributed by atoms with Crippen LogP contribution in [0, 0.1) is 5.82 Å². The zero-order valence-electron chi connectivity index (χ0n) is 14.7. The minimum absolute atomic E-state index is 0.226. The standard InChI is InChI=1S/C15H24FN3O5S2/c1-3-12(20)11-18-6-8-19(9-7-18)26(23,24)13-4-5-15(14(16)10-13)17-25(2,21)22/h4-5,10,12,17,20H,3,6-9,11H2,1-2H3/t12-/m0/s1. The zero-order valence-corrected chi connectivity index (χ0v) is 16.4. The van der Waals surface area contributed by atoms with Gasteiger partial charge in [0.05, 0.1) is 22.9 Å². The third kappa shape index (κ3) is 5.36. The number of rotatable bonds is 7. The fourth-order valence-electron chi connectivity index (χ4n) is 2.67. The predicted molar refractivity (Wildman–Crippen MR) is 96.4 cm³/mol. The molecule has 148 valence electrons. The molecule has 1 aliphatic rings. The van der Waals surface area contributed by atoms with Crippen LogP contribution in [-0.4, -0.2) is 76.2 Å². The number of aliphatic hydroxyl groups excluding tert-OH is 1. The molecule has 2 N–H and O–H groups in total. The van der Waals surface area contributed by atoms with Crippen molar-refractivity contribution in [3.05, 3.63) is 24.0 Å². The number of piperazine rings is 1. The molecule has 1 aromatic rings.